The largest absolute Gasteiger partial charge is 0.276 e. The number of nitro groups is 1. The zero-order chi connectivity index (χ0) is 14.4. The quantitative estimate of drug-likeness (QED) is 0.509. The van der Waals surface area contributed by atoms with E-state index in [0.717, 1.165) is 25.7 Å². The molecule has 1 fully saturated rings. The number of benzene rings is 1. The Morgan fingerprint density at radius 3 is 2.75 bits per heavy atom. The van der Waals surface area contributed by atoms with Gasteiger partial charge in [-0.3, -0.25) is 19.7 Å². The van der Waals surface area contributed by atoms with Gasteiger partial charge in [0.05, 0.1) is 16.6 Å². The molecule has 0 bridgehead atoms. The van der Waals surface area contributed by atoms with Gasteiger partial charge in [-0.15, -0.1) is 0 Å². The van der Waals surface area contributed by atoms with Gasteiger partial charge in [-0.1, -0.05) is 25.0 Å². The second kappa shape index (κ2) is 6.81. The van der Waals surface area contributed by atoms with Gasteiger partial charge in [0.15, 0.2) is 0 Å². The third-order valence-corrected chi connectivity index (χ3v) is 3.18. The zero-order valence-corrected chi connectivity index (χ0v) is 11.0. The molecule has 106 valence electrons. The van der Waals surface area contributed by atoms with Crippen LogP contribution in [-0.4, -0.2) is 16.9 Å². The summed E-state index contributed by atoms with van der Waals surface area (Å²) in [5.41, 5.74) is 2.70. The molecule has 6 nitrogen and oxygen atoms in total. The Kier molecular flexibility index (Phi) is 4.84. The van der Waals surface area contributed by atoms with Crippen LogP contribution in [0, 0.1) is 10.1 Å². The molecular weight excluding hydrogens is 260 g/mol. The van der Waals surface area contributed by atoms with Crippen LogP contribution in [0.4, 0.5) is 5.69 Å². The van der Waals surface area contributed by atoms with Gasteiger partial charge >= 0.3 is 0 Å². The molecule has 0 aliphatic heterocycles. The molecule has 0 heterocycles. The molecule has 1 saturated carbocycles. The van der Waals surface area contributed by atoms with Crippen LogP contribution in [0.5, 0.6) is 0 Å². The first kappa shape index (κ1) is 14.2. The highest BCUT2D eigenvalue weighted by atomic mass is 16.7. The summed E-state index contributed by atoms with van der Waals surface area (Å²) < 4.78 is 0. The number of rotatable bonds is 5. The molecule has 0 aromatic heterocycles. The Morgan fingerprint density at radius 1 is 1.35 bits per heavy atom. The number of nitrogens with one attached hydrogen (secondary N) is 1. The summed E-state index contributed by atoms with van der Waals surface area (Å²) in [7, 11) is 0. The van der Waals surface area contributed by atoms with Gasteiger partial charge in [0.2, 0.25) is 0 Å². The van der Waals surface area contributed by atoms with Gasteiger partial charge in [-0.2, -0.15) is 0 Å². The highest BCUT2D eigenvalue weighted by Gasteiger charge is 2.16. The van der Waals surface area contributed by atoms with Crippen molar-refractivity contribution in [3.63, 3.8) is 0 Å². The van der Waals surface area contributed by atoms with Crippen LogP contribution in [0.25, 0.3) is 6.08 Å². The van der Waals surface area contributed by atoms with Crippen LogP contribution in [0.2, 0.25) is 0 Å². The molecule has 0 radical (unpaired) electrons. The molecule has 1 aromatic rings. The normalized spacial score (nSPS) is 15.6. The van der Waals surface area contributed by atoms with E-state index in [-0.39, 0.29) is 11.8 Å². The zero-order valence-electron chi connectivity index (χ0n) is 11.0. The fraction of sp³-hybridized carbons (Fsp3) is 0.357. The van der Waals surface area contributed by atoms with Crippen LogP contribution in [0.1, 0.15) is 31.2 Å². The number of carbonyl (C=O) groups is 1. The molecule has 0 unspecified atom stereocenters. The lowest BCUT2D eigenvalue weighted by Crippen LogP contribution is -2.26. The predicted octanol–water partition coefficient (Wildman–Crippen LogP) is 2.60. The number of hydroxylamine groups is 1. The van der Waals surface area contributed by atoms with Crippen molar-refractivity contribution in [2.24, 2.45) is 0 Å². The maximum Gasteiger partial charge on any atom is 0.276 e. The Labute approximate surface area is 116 Å². The molecule has 1 aromatic carbocycles. The number of nitro benzene ring substituents is 1. The number of nitrogens with zero attached hydrogens (tertiary/aromatic N) is 1. The Bertz CT molecular complexity index is 522. The Hall–Kier alpha value is -2.21. The van der Waals surface area contributed by atoms with Crippen LogP contribution in [0.15, 0.2) is 30.3 Å². The molecule has 1 amide bonds. The van der Waals surface area contributed by atoms with Gasteiger partial charge in [-0.25, -0.2) is 5.48 Å². The number of hydrogen-bond acceptors (Lipinski definition) is 4. The first-order valence-corrected chi connectivity index (χ1v) is 6.54. The second-order valence-corrected chi connectivity index (χ2v) is 4.64. The van der Waals surface area contributed by atoms with E-state index in [1.807, 2.05) is 0 Å². The van der Waals surface area contributed by atoms with Gasteiger partial charge in [0.1, 0.15) is 0 Å². The molecular formula is C14H16N2O4. The fourth-order valence-corrected chi connectivity index (χ4v) is 2.14. The first-order chi connectivity index (χ1) is 9.66. The van der Waals surface area contributed by atoms with Crippen LogP contribution >= 0.6 is 0 Å². The molecule has 1 aliphatic carbocycles. The molecule has 20 heavy (non-hydrogen) atoms. The van der Waals surface area contributed by atoms with Crippen LogP contribution in [-0.2, 0) is 9.63 Å². The highest BCUT2D eigenvalue weighted by molar-refractivity contribution is 5.91. The van der Waals surface area contributed by atoms with Gasteiger partial charge < -0.3 is 0 Å². The molecule has 0 atom stereocenters. The fourth-order valence-electron chi connectivity index (χ4n) is 2.14. The van der Waals surface area contributed by atoms with Crippen LogP contribution < -0.4 is 5.48 Å². The minimum Gasteiger partial charge on any atom is -0.270 e. The maximum absolute atomic E-state index is 11.6. The smallest absolute Gasteiger partial charge is 0.270 e. The highest BCUT2D eigenvalue weighted by Crippen LogP contribution is 2.20. The first-order valence-electron chi connectivity index (χ1n) is 6.54. The predicted molar refractivity (Wildman–Crippen MR) is 73.6 cm³/mol. The number of hydrogen-bond donors (Lipinski definition) is 1. The van der Waals surface area contributed by atoms with E-state index < -0.39 is 10.8 Å². The van der Waals surface area contributed by atoms with Crippen molar-refractivity contribution in [1.29, 1.82) is 0 Å². The second-order valence-electron chi connectivity index (χ2n) is 4.64. The summed E-state index contributed by atoms with van der Waals surface area (Å²) in [6.07, 6.45) is 6.86. The standard InChI is InChI=1S/C14H16N2O4/c17-14(15-20-12-6-2-3-7-12)10-9-11-5-1-4-8-13(11)16(18)19/h1,4-5,8-10,12H,2-3,6-7H2,(H,15,17)/b10-9+. The third kappa shape index (κ3) is 3.89. The minimum absolute atomic E-state index is 0.0340. The van der Waals surface area contributed by atoms with Crippen molar-refractivity contribution in [1.82, 2.24) is 5.48 Å². The number of carbonyl (C=O) groups excluding carboxylic acids is 1. The summed E-state index contributed by atoms with van der Waals surface area (Å²) in [5, 5.41) is 10.8. The summed E-state index contributed by atoms with van der Waals surface area (Å²) in [6, 6.07) is 6.24. The van der Waals surface area contributed by atoms with E-state index in [2.05, 4.69) is 5.48 Å². The SMILES string of the molecule is O=C(/C=C/c1ccccc1[N+](=O)[O-])NOC1CCCC1. The van der Waals surface area contributed by atoms with Gasteiger partial charge in [0.25, 0.3) is 11.6 Å². The van der Waals surface area contributed by atoms with Crippen LogP contribution in [0.3, 0.4) is 0 Å². The van der Waals surface area contributed by atoms with E-state index in [4.69, 9.17) is 4.84 Å². The van der Waals surface area contributed by atoms with Crippen molar-refractivity contribution in [3.8, 4) is 0 Å². The van der Waals surface area contributed by atoms with E-state index in [0.29, 0.717) is 5.56 Å². The van der Waals surface area contributed by atoms with Crippen molar-refractivity contribution in [2.75, 3.05) is 0 Å². The number of amides is 1. The van der Waals surface area contributed by atoms with E-state index in [1.54, 1.807) is 18.2 Å². The summed E-state index contributed by atoms with van der Waals surface area (Å²) in [4.78, 5) is 27.1. The Balaban J connectivity index is 1.91. The average Bonchev–Trinajstić information content (AvgIpc) is 2.96. The lowest BCUT2D eigenvalue weighted by Gasteiger charge is -2.09. The summed E-state index contributed by atoms with van der Waals surface area (Å²) >= 11 is 0. The molecule has 0 saturated heterocycles. The van der Waals surface area contributed by atoms with Crippen molar-refractivity contribution >= 4 is 17.7 Å². The monoisotopic (exact) mass is 276 g/mol. The topological polar surface area (TPSA) is 81.5 Å². The minimum atomic E-state index is -0.480. The van der Waals surface area contributed by atoms with Crippen molar-refractivity contribution in [2.45, 2.75) is 31.8 Å². The van der Waals surface area contributed by atoms with Crippen molar-refractivity contribution < 1.29 is 14.6 Å². The van der Waals surface area contributed by atoms with E-state index in [9.17, 15) is 14.9 Å². The maximum atomic E-state index is 11.6. The van der Waals surface area contributed by atoms with E-state index >= 15 is 0 Å². The lowest BCUT2D eigenvalue weighted by molar-refractivity contribution is -0.385. The molecule has 1 N–H and O–H groups in total. The van der Waals surface area contributed by atoms with Crippen molar-refractivity contribution in [3.05, 3.63) is 46.0 Å². The molecule has 2 rings (SSSR count). The molecule has 1 aliphatic rings. The van der Waals surface area contributed by atoms with E-state index in [1.165, 1.54) is 18.2 Å². The third-order valence-electron chi connectivity index (χ3n) is 3.18. The molecule has 0 spiro atoms. The van der Waals surface area contributed by atoms with Gasteiger partial charge in [-0.05, 0) is 25.0 Å². The number of para-hydroxylation sites is 1. The summed E-state index contributed by atoms with van der Waals surface area (Å²) in [5.74, 6) is -0.421. The average molecular weight is 276 g/mol. The van der Waals surface area contributed by atoms with Gasteiger partial charge in [0, 0.05) is 12.1 Å². The Morgan fingerprint density at radius 2 is 2.05 bits per heavy atom. The lowest BCUT2D eigenvalue weighted by atomic mass is 10.1. The summed E-state index contributed by atoms with van der Waals surface area (Å²) in [6.45, 7) is 0. The molecule has 6 heteroatoms.